The van der Waals surface area contributed by atoms with Crippen molar-refractivity contribution in [2.24, 2.45) is 5.73 Å². The largest absolute Gasteiger partial charge is 0.577 e. The normalized spacial score (nSPS) is 11.0. The van der Waals surface area contributed by atoms with Gasteiger partial charge in [-0.15, -0.1) is 0 Å². The molecular formula is C7H18NO3Si. The minimum atomic E-state index is -1.47. The van der Waals surface area contributed by atoms with Crippen LogP contribution in [0.5, 0.6) is 0 Å². The van der Waals surface area contributed by atoms with Gasteiger partial charge in [0.25, 0.3) is 0 Å². The Hall–Kier alpha value is 0.0569. The van der Waals surface area contributed by atoms with Crippen molar-refractivity contribution in [2.45, 2.75) is 20.3 Å². The molecule has 0 rings (SSSR count). The molecule has 1 radical (unpaired) electrons. The topological polar surface area (TPSA) is 53.7 Å². The third kappa shape index (κ3) is 6.75. The zero-order chi connectivity index (χ0) is 9.23. The lowest BCUT2D eigenvalue weighted by molar-refractivity contribution is 0.102. The van der Waals surface area contributed by atoms with Crippen LogP contribution in [0.3, 0.4) is 0 Å². The molecule has 0 aliphatic heterocycles. The van der Waals surface area contributed by atoms with E-state index in [9.17, 15) is 0 Å². The van der Waals surface area contributed by atoms with Crippen molar-refractivity contribution in [1.82, 2.24) is 0 Å². The lowest BCUT2D eigenvalue weighted by Crippen LogP contribution is -2.28. The molecule has 4 nitrogen and oxygen atoms in total. The van der Waals surface area contributed by atoms with E-state index in [4.69, 9.17) is 19.0 Å². The first kappa shape index (κ1) is 12.1. The van der Waals surface area contributed by atoms with Gasteiger partial charge in [0, 0.05) is 19.8 Å². The summed E-state index contributed by atoms with van der Waals surface area (Å²) in [7, 11) is -1.47. The summed E-state index contributed by atoms with van der Waals surface area (Å²) in [4.78, 5) is 0. The van der Waals surface area contributed by atoms with Crippen LogP contribution in [-0.2, 0) is 13.3 Å². The van der Waals surface area contributed by atoms with Gasteiger partial charge in [0.15, 0.2) is 0 Å². The quantitative estimate of drug-likeness (QED) is 0.447. The molecule has 73 valence electrons. The number of hydrogen-bond acceptors (Lipinski definition) is 4. The molecule has 0 aromatic rings. The summed E-state index contributed by atoms with van der Waals surface area (Å²) >= 11 is 0. The van der Waals surface area contributed by atoms with Gasteiger partial charge in [-0.25, -0.2) is 0 Å². The second kappa shape index (κ2) is 9.15. The SMILES string of the molecule is CCO[Si](OCC)OCCCN. The van der Waals surface area contributed by atoms with E-state index >= 15 is 0 Å². The van der Waals surface area contributed by atoms with Gasteiger partial charge in [0.1, 0.15) is 0 Å². The maximum atomic E-state index is 5.34. The van der Waals surface area contributed by atoms with E-state index in [1.165, 1.54) is 0 Å². The molecular weight excluding hydrogens is 174 g/mol. The molecule has 0 atom stereocenters. The van der Waals surface area contributed by atoms with Crippen LogP contribution in [0.1, 0.15) is 20.3 Å². The van der Waals surface area contributed by atoms with Crippen LogP contribution in [0.2, 0.25) is 0 Å². The minimum Gasteiger partial charge on any atom is -0.371 e. The van der Waals surface area contributed by atoms with Crippen LogP contribution in [0.4, 0.5) is 0 Å². The van der Waals surface area contributed by atoms with E-state index in [0.29, 0.717) is 26.4 Å². The molecule has 0 spiro atoms. The van der Waals surface area contributed by atoms with Crippen LogP contribution in [0.15, 0.2) is 0 Å². The van der Waals surface area contributed by atoms with Gasteiger partial charge in [-0.2, -0.15) is 0 Å². The highest BCUT2D eigenvalue weighted by Gasteiger charge is 2.16. The zero-order valence-electron chi connectivity index (χ0n) is 7.84. The van der Waals surface area contributed by atoms with Crippen molar-refractivity contribution in [3.63, 3.8) is 0 Å². The van der Waals surface area contributed by atoms with Gasteiger partial charge in [-0.1, -0.05) is 0 Å². The summed E-state index contributed by atoms with van der Waals surface area (Å²) in [5.74, 6) is 0. The summed E-state index contributed by atoms with van der Waals surface area (Å²) in [6, 6.07) is 0. The predicted octanol–water partition coefficient (Wildman–Crippen LogP) is 0.410. The molecule has 5 heteroatoms. The lowest BCUT2D eigenvalue weighted by atomic mass is 10.5. The number of rotatable bonds is 8. The second-order valence-electron chi connectivity index (χ2n) is 2.11. The molecule has 0 aliphatic rings. The summed E-state index contributed by atoms with van der Waals surface area (Å²) in [6.45, 7) is 6.40. The van der Waals surface area contributed by atoms with E-state index in [0.717, 1.165) is 6.42 Å². The summed E-state index contributed by atoms with van der Waals surface area (Å²) in [5.41, 5.74) is 5.31. The van der Waals surface area contributed by atoms with E-state index in [2.05, 4.69) is 0 Å². The Morgan fingerprint density at radius 3 is 2.08 bits per heavy atom. The predicted molar refractivity (Wildman–Crippen MR) is 48.6 cm³/mol. The smallest absolute Gasteiger partial charge is 0.371 e. The molecule has 0 aliphatic carbocycles. The highest BCUT2D eigenvalue weighted by molar-refractivity contribution is 6.36. The van der Waals surface area contributed by atoms with Crippen molar-refractivity contribution in [3.05, 3.63) is 0 Å². The van der Waals surface area contributed by atoms with Gasteiger partial charge in [-0.3, -0.25) is 0 Å². The Labute approximate surface area is 76.0 Å². The Morgan fingerprint density at radius 1 is 1.08 bits per heavy atom. The molecule has 0 aromatic carbocycles. The molecule has 0 fully saturated rings. The van der Waals surface area contributed by atoms with E-state index in [-0.39, 0.29) is 0 Å². The van der Waals surface area contributed by atoms with Gasteiger partial charge in [0.2, 0.25) is 0 Å². The summed E-state index contributed by atoms with van der Waals surface area (Å²) in [6.07, 6.45) is 0.855. The third-order valence-corrected chi connectivity index (χ3v) is 2.58. The van der Waals surface area contributed by atoms with Crippen LogP contribution in [0.25, 0.3) is 0 Å². The second-order valence-corrected chi connectivity index (χ2v) is 3.47. The van der Waals surface area contributed by atoms with Crippen molar-refractivity contribution in [1.29, 1.82) is 0 Å². The Bertz CT molecular complexity index is 88.7. The van der Waals surface area contributed by atoms with E-state index in [1.807, 2.05) is 13.8 Å². The van der Waals surface area contributed by atoms with Crippen molar-refractivity contribution >= 4 is 9.53 Å². The molecule has 0 saturated carbocycles. The summed E-state index contributed by atoms with van der Waals surface area (Å²) < 4.78 is 15.8. The van der Waals surface area contributed by atoms with Crippen LogP contribution < -0.4 is 5.73 Å². The number of nitrogens with two attached hydrogens (primary N) is 1. The lowest BCUT2D eigenvalue weighted by Gasteiger charge is -2.11. The molecule has 0 amide bonds. The van der Waals surface area contributed by atoms with Gasteiger partial charge < -0.3 is 19.0 Å². The highest BCUT2D eigenvalue weighted by Crippen LogP contribution is 1.93. The fraction of sp³-hybridized carbons (Fsp3) is 1.00. The maximum absolute atomic E-state index is 5.34. The average molecular weight is 192 g/mol. The van der Waals surface area contributed by atoms with E-state index < -0.39 is 9.53 Å². The molecule has 0 aromatic heterocycles. The average Bonchev–Trinajstić information content (AvgIpc) is 2.06. The van der Waals surface area contributed by atoms with Gasteiger partial charge in [0.05, 0.1) is 0 Å². The highest BCUT2D eigenvalue weighted by atomic mass is 28.3. The van der Waals surface area contributed by atoms with Gasteiger partial charge in [-0.05, 0) is 26.8 Å². The first-order valence-electron chi connectivity index (χ1n) is 4.30. The van der Waals surface area contributed by atoms with Crippen LogP contribution >= 0.6 is 0 Å². The fourth-order valence-electron chi connectivity index (χ4n) is 0.600. The Kier molecular flexibility index (Phi) is 9.19. The Morgan fingerprint density at radius 2 is 1.67 bits per heavy atom. The number of hydrogen-bond donors (Lipinski definition) is 1. The maximum Gasteiger partial charge on any atom is 0.577 e. The Balaban J connectivity index is 3.34. The van der Waals surface area contributed by atoms with Gasteiger partial charge >= 0.3 is 9.53 Å². The fourth-order valence-corrected chi connectivity index (χ4v) is 1.63. The molecule has 0 unspecified atom stereocenters. The van der Waals surface area contributed by atoms with Crippen molar-refractivity contribution in [3.8, 4) is 0 Å². The molecule has 0 saturated heterocycles. The molecule has 2 N–H and O–H groups in total. The van der Waals surface area contributed by atoms with Crippen molar-refractivity contribution < 1.29 is 13.3 Å². The monoisotopic (exact) mass is 192 g/mol. The standard InChI is InChI=1S/C7H18NO3Si/c1-3-9-12(10-4-2)11-7-5-6-8/h3-8H2,1-2H3. The van der Waals surface area contributed by atoms with Crippen LogP contribution in [0, 0.1) is 0 Å². The van der Waals surface area contributed by atoms with Crippen LogP contribution in [-0.4, -0.2) is 35.9 Å². The minimum absolute atomic E-state index is 0.630. The first-order valence-corrected chi connectivity index (χ1v) is 5.53. The van der Waals surface area contributed by atoms with Crippen molar-refractivity contribution in [2.75, 3.05) is 26.4 Å². The molecule has 12 heavy (non-hydrogen) atoms. The third-order valence-electron chi connectivity index (χ3n) is 1.09. The first-order chi connectivity index (χ1) is 5.85. The summed E-state index contributed by atoms with van der Waals surface area (Å²) in [5, 5.41) is 0. The zero-order valence-corrected chi connectivity index (χ0v) is 8.84. The molecule has 0 bridgehead atoms. The van der Waals surface area contributed by atoms with E-state index in [1.54, 1.807) is 0 Å². The molecule has 0 heterocycles.